The van der Waals surface area contributed by atoms with Gasteiger partial charge in [0.25, 0.3) is 0 Å². The molecule has 0 saturated carbocycles. The first-order valence-corrected chi connectivity index (χ1v) is 5.26. The first-order valence-electron chi connectivity index (χ1n) is 4.19. The van der Waals surface area contributed by atoms with Gasteiger partial charge in [-0.05, 0) is 40.1 Å². The summed E-state index contributed by atoms with van der Waals surface area (Å²) in [4.78, 5) is 4.07. The van der Waals surface area contributed by atoms with E-state index in [1.54, 1.807) is 6.20 Å². The lowest BCUT2D eigenvalue weighted by Gasteiger charge is -2.15. The lowest BCUT2D eigenvalue weighted by molar-refractivity contribution is 0.513. The number of nitrogens with zero attached hydrogens (tertiary/aromatic N) is 1. The zero-order valence-electron chi connectivity index (χ0n) is 7.79. The summed E-state index contributed by atoms with van der Waals surface area (Å²) >= 11 is 2.16. The molecule has 4 heteroatoms. The number of rotatable bonds is 2. The Morgan fingerprint density at radius 3 is 2.54 bits per heavy atom. The van der Waals surface area contributed by atoms with E-state index in [0.717, 1.165) is 9.13 Å². The van der Waals surface area contributed by atoms with E-state index in [4.69, 9.17) is 11.5 Å². The van der Waals surface area contributed by atoms with E-state index in [0.29, 0.717) is 11.7 Å². The molecule has 1 aromatic heterocycles. The van der Waals surface area contributed by atoms with Gasteiger partial charge in [0.2, 0.25) is 0 Å². The summed E-state index contributed by atoms with van der Waals surface area (Å²) in [6, 6.07) is 2.04. The fourth-order valence-electron chi connectivity index (χ4n) is 1.03. The second-order valence-electron chi connectivity index (χ2n) is 3.41. The molecule has 1 aromatic rings. The van der Waals surface area contributed by atoms with E-state index in [2.05, 4.69) is 41.4 Å². The molecule has 1 heterocycles. The summed E-state index contributed by atoms with van der Waals surface area (Å²) in [5.74, 6) is 0.988. The number of nitrogens with two attached hydrogens (primary N) is 2. The normalized spacial score (nSPS) is 13.3. The van der Waals surface area contributed by atoms with Crippen molar-refractivity contribution in [3.63, 3.8) is 0 Å². The first kappa shape index (κ1) is 10.7. The molecule has 0 amide bonds. The molecule has 13 heavy (non-hydrogen) atoms. The van der Waals surface area contributed by atoms with Crippen molar-refractivity contribution in [1.29, 1.82) is 0 Å². The standard InChI is InChI=1S/C9H14IN3/c1-5(2)8(11)6-3-7(10)9(12)13-4-6/h3-5,8H,11H2,1-2H3,(H2,12,13)/t8-/m1/s1. The average molecular weight is 291 g/mol. The summed E-state index contributed by atoms with van der Waals surface area (Å²) in [7, 11) is 0. The molecule has 0 radical (unpaired) electrons. The molecule has 0 aliphatic carbocycles. The van der Waals surface area contributed by atoms with Crippen LogP contribution in [0.4, 0.5) is 5.82 Å². The van der Waals surface area contributed by atoms with Crippen LogP contribution in [0.1, 0.15) is 25.5 Å². The molecule has 0 aliphatic rings. The number of hydrogen-bond acceptors (Lipinski definition) is 3. The SMILES string of the molecule is CC(C)[C@@H](N)c1cnc(N)c(I)c1. The lowest BCUT2D eigenvalue weighted by atomic mass is 9.99. The van der Waals surface area contributed by atoms with Gasteiger partial charge in [0.1, 0.15) is 5.82 Å². The van der Waals surface area contributed by atoms with Gasteiger partial charge >= 0.3 is 0 Å². The highest BCUT2D eigenvalue weighted by molar-refractivity contribution is 14.1. The van der Waals surface area contributed by atoms with E-state index in [-0.39, 0.29) is 6.04 Å². The van der Waals surface area contributed by atoms with Crippen LogP contribution < -0.4 is 11.5 Å². The maximum Gasteiger partial charge on any atom is 0.136 e. The number of pyridine rings is 1. The van der Waals surface area contributed by atoms with E-state index < -0.39 is 0 Å². The van der Waals surface area contributed by atoms with Crippen LogP contribution in [0, 0.1) is 9.49 Å². The van der Waals surface area contributed by atoms with Crippen molar-refractivity contribution in [1.82, 2.24) is 4.98 Å². The molecule has 1 atom stereocenters. The smallest absolute Gasteiger partial charge is 0.136 e. The Morgan fingerprint density at radius 2 is 2.08 bits per heavy atom. The van der Waals surface area contributed by atoms with Gasteiger partial charge in [-0.15, -0.1) is 0 Å². The van der Waals surface area contributed by atoms with Gasteiger partial charge in [-0.2, -0.15) is 0 Å². The predicted octanol–water partition coefficient (Wildman–Crippen LogP) is 1.92. The molecule has 72 valence electrons. The second kappa shape index (κ2) is 4.23. The van der Waals surface area contributed by atoms with Crippen LogP contribution in [0.25, 0.3) is 0 Å². The Labute approximate surface area is 92.1 Å². The summed E-state index contributed by atoms with van der Waals surface area (Å²) < 4.78 is 0.964. The maximum atomic E-state index is 5.97. The highest BCUT2D eigenvalue weighted by Gasteiger charge is 2.11. The van der Waals surface area contributed by atoms with E-state index >= 15 is 0 Å². The molecule has 0 spiro atoms. The van der Waals surface area contributed by atoms with Crippen molar-refractivity contribution in [3.05, 3.63) is 21.4 Å². The third kappa shape index (κ3) is 2.54. The van der Waals surface area contributed by atoms with Gasteiger partial charge in [0.15, 0.2) is 0 Å². The monoisotopic (exact) mass is 291 g/mol. The van der Waals surface area contributed by atoms with Crippen LogP contribution in [0.3, 0.4) is 0 Å². The molecule has 0 aliphatic heterocycles. The fraction of sp³-hybridized carbons (Fsp3) is 0.444. The zero-order chi connectivity index (χ0) is 10.0. The molecule has 0 unspecified atom stereocenters. The van der Waals surface area contributed by atoms with Crippen LogP contribution in [0.2, 0.25) is 0 Å². The van der Waals surface area contributed by atoms with Gasteiger partial charge < -0.3 is 11.5 Å². The third-order valence-electron chi connectivity index (χ3n) is 1.99. The van der Waals surface area contributed by atoms with Crippen molar-refractivity contribution in [2.45, 2.75) is 19.9 Å². The van der Waals surface area contributed by atoms with Crippen molar-refractivity contribution in [2.75, 3.05) is 5.73 Å². The van der Waals surface area contributed by atoms with E-state index in [1.165, 1.54) is 0 Å². The minimum Gasteiger partial charge on any atom is -0.383 e. The maximum absolute atomic E-state index is 5.97. The van der Waals surface area contributed by atoms with Crippen LogP contribution in [-0.2, 0) is 0 Å². The van der Waals surface area contributed by atoms with Gasteiger partial charge in [-0.3, -0.25) is 0 Å². The molecule has 3 nitrogen and oxygen atoms in total. The number of halogens is 1. The van der Waals surface area contributed by atoms with Crippen molar-refractivity contribution in [2.24, 2.45) is 11.7 Å². The van der Waals surface area contributed by atoms with Crippen LogP contribution in [0.5, 0.6) is 0 Å². The van der Waals surface area contributed by atoms with Gasteiger partial charge in [-0.1, -0.05) is 13.8 Å². The number of hydrogen-bond donors (Lipinski definition) is 2. The van der Waals surface area contributed by atoms with Gasteiger partial charge in [-0.25, -0.2) is 4.98 Å². The van der Waals surface area contributed by atoms with E-state index in [9.17, 15) is 0 Å². The molecule has 0 aromatic carbocycles. The van der Waals surface area contributed by atoms with Crippen LogP contribution in [0.15, 0.2) is 12.3 Å². The number of anilines is 1. The molecule has 4 N–H and O–H groups in total. The first-order chi connectivity index (χ1) is 6.02. The van der Waals surface area contributed by atoms with Crippen molar-refractivity contribution < 1.29 is 0 Å². The van der Waals surface area contributed by atoms with Gasteiger partial charge in [0.05, 0.1) is 3.57 Å². The van der Waals surface area contributed by atoms with E-state index in [1.807, 2.05) is 6.07 Å². The quantitative estimate of drug-likeness (QED) is 0.818. The minimum absolute atomic E-state index is 0.0432. The Bertz CT molecular complexity index is 299. The number of nitrogen functional groups attached to an aromatic ring is 1. The van der Waals surface area contributed by atoms with Crippen LogP contribution in [-0.4, -0.2) is 4.98 Å². The highest BCUT2D eigenvalue weighted by Crippen LogP contribution is 2.21. The molecular weight excluding hydrogens is 277 g/mol. The minimum atomic E-state index is 0.0432. The Balaban J connectivity index is 2.97. The summed E-state index contributed by atoms with van der Waals surface area (Å²) in [6.45, 7) is 4.18. The fourth-order valence-corrected chi connectivity index (χ4v) is 1.53. The topological polar surface area (TPSA) is 64.9 Å². The van der Waals surface area contributed by atoms with Gasteiger partial charge in [0, 0.05) is 12.2 Å². The zero-order valence-corrected chi connectivity index (χ0v) is 9.95. The summed E-state index contributed by atoms with van der Waals surface area (Å²) in [6.07, 6.45) is 1.75. The molecular formula is C9H14IN3. The molecule has 0 fully saturated rings. The largest absolute Gasteiger partial charge is 0.383 e. The summed E-state index contributed by atoms with van der Waals surface area (Å²) in [5, 5.41) is 0. The van der Waals surface area contributed by atoms with Crippen molar-refractivity contribution in [3.8, 4) is 0 Å². The Morgan fingerprint density at radius 1 is 1.46 bits per heavy atom. The highest BCUT2D eigenvalue weighted by atomic mass is 127. The Kier molecular flexibility index (Phi) is 3.49. The molecule has 1 rings (SSSR count). The Hall–Kier alpha value is -0.360. The molecule has 0 bridgehead atoms. The predicted molar refractivity (Wildman–Crippen MR) is 63.1 cm³/mol. The van der Waals surface area contributed by atoms with Crippen LogP contribution >= 0.6 is 22.6 Å². The second-order valence-corrected chi connectivity index (χ2v) is 4.57. The third-order valence-corrected chi connectivity index (χ3v) is 2.86. The number of aromatic nitrogens is 1. The molecule has 0 saturated heterocycles. The average Bonchev–Trinajstić information content (AvgIpc) is 2.08. The lowest BCUT2D eigenvalue weighted by Crippen LogP contribution is -2.17. The van der Waals surface area contributed by atoms with Crippen molar-refractivity contribution >= 4 is 28.4 Å². The summed E-state index contributed by atoms with van der Waals surface area (Å²) in [5.41, 5.74) is 12.6.